The summed E-state index contributed by atoms with van der Waals surface area (Å²) < 4.78 is 12.5. The van der Waals surface area contributed by atoms with Crippen molar-refractivity contribution in [3.05, 3.63) is 59.8 Å². The van der Waals surface area contributed by atoms with Crippen LogP contribution in [0.4, 0.5) is 0 Å². The summed E-state index contributed by atoms with van der Waals surface area (Å²) in [4.78, 5) is 12.1. The molecule has 3 rings (SSSR count). The molecule has 2 aromatic heterocycles. The van der Waals surface area contributed by atoms with E-state index in [-0.39, 0.29) is 12.5 Å². The van der Waals surface area contributed by atoms with Gasteiger partial charge in [0.2, 0.25) is 0 Å². The first-order valence-electron chi connectivity index (χ1n) is 7.54. The minimum absolute atomic E-state index is 0.173. The summed E-state index contributed by atoms with van der Waals surface area (Å²) in [5.74, 6) is 1.82. The average Bonchev–Trinajstić information content (AvgIpc) is 3.29. The molecule has 2 heterocycles. The molecule has 8 heteroatoms. The number of rotatable bonds is 7. The highest BCUT2D eigenvalue weighted by molar-refractivity contribution is 5.94. The van der Waals surface area contributed by atoms with Crippen molar-refractivity contribution in [3.8, 4) is 5.75 Å². The van der Waals surface area contributed by atoms with Gasteiger partial charge < -0.3 is 14.5 Å². The Bertz CT molecular complexity index is 780. The molecule has 0 saturated heterocycles. The molecule has 0 aliphatic heterocycles. The SMILES string of the molecule is CCn1nnnc1COc1ccc(C(=O)NCc2ccco2)cc1. The summed E-state index contributed by atoms with van der Waals surface area (Å²) >= 11 is 0. The third-order valence-corrected chi connectivity index (χ3v) is 3.39. The number of tetrazole rings is 1. The van der Waals surface area contributed by atoms with Gasteiger partial charge in [-0.1, -0.05) is 0 Å². The molecular weight excluding hydrogens is 310 g/mol. The molecule has 0 aliphatic carbocycles. The fraction of sp³-hybridized carbons (Fsp3) is 0.250. The first-order chi connectivity index (χ1) is 11.8. The fourth-order valence-electron chi connectivity index (χ4n) is 2.11. The lowest BCUT2D eigenvalue weighted by molar-refractivity contribution is 0.0948. The highest BCUT2D eigenvalue weighted by Crippen LogP contribution is 2.14. The minimum atomic E-state index is -0.173. The third-order valence-electron chi connectivity index (χ3n) is 3.39. The number of amides is 1. The van der Waals surface area contributed by atoms with E-state index < -0.39 is 0 Å². The number of aryl methyl sites for hydroxylation is 1. The predicted octanol–water partition coefficient (Wildman–Crippen LogP) is 1.79. The summed E-state index contributed by atoms with van der Waals surface area (Å²) in [6, 6.07) is 10.5. The lowest BCUT2D eigenvalue weighted by Gasteiger charge is -2.07. The van der Waals surface area contributed by atoms with Crippen molar-refractivity contribution >= 4 is 5.91 Å². The Balaban J connectivity index is 1.53. The van der Waals surface area contributed by atoms with Crippen LogP contribution in [0.3, 0.4) is 0 Å². The highest BCUT2D eigenvalue weighted by atomic mass is 16.5. The third kappa shape index (κ3) is 3.78. The normalized spacial score (nSPS) is 10.5. The number of carbonyl (C=O) groups is 1. The first kappa shape index (κ1) is 15.7. The Kier molecular flexibility index (Phi) is 4.85. The van der Waals surface area contributed by atoms with Gasteiger partial charge in [-0.25, -0.2) is 4.68 Å². The lowest BCUT2D eigenvalue weighted by atomic mass is 10.2. The van der Waals surface area contributed by atoms with Gasteiger partial charge in [-0.15, -0.1) is 5.10 Å². The lowest BCUT2D eigenvalue weighted by Crippen LogP contribution is -2.22. The zero-order valence-corrected chi connectivity index (χ0v) is 13.2. The van der Waals surface area contributed by atoms with Crippen molar-refractivity contribution in [2.75, 3.05) is 0 Å². The number of carbonyl (C=O) groups excluding carboxylic acids is 1. The van der Waals surface area contributed by atoms with Gasteiger partial charge in [-0.2, -0.15) is 0 Å². The predicted molar refractivity (Wildman–Crippen MR) is 84.1 cm³/mol. The number of hydrogen-bond acceptors (Lipinski definition) is 6. The second-order valence-electron chi connectivity index (χ2n) is 4.99. The van der Waals surface area contributed by atoms with Crippen molar-refractivity contribution < 1.29 is 13.9 Å². The molecular formula is C16H17N5O3. The Morgan fingerprint density at radius 2 is 2.12 bits per heavy atom. The summed E-state index contributed by atoms with van der Waals surface area (Å²) in [5.41, 5.74) is 0.548. The number of benzene rings is 1. The van der Waals surface area contributed by atoms with Crippen LogP contribution in [0.1, 0.15) is 28.9 Å². The Hall–Kier alpha value is -3.16. The van der Waals surface area contributed by atoms with Crippen molar-refractivity contribution in [2.45, 2.75) is 26.6 Å². The van der Waals surface area contributed by atoms with Crippen LogP contribution in [0.5, 0.6) is 5.75 Å². The van der Waals surface area contributed by atoms with E-state index >= 15 is 0 Å². The molecule has 0 radical (unpaired) electrons. The summed E-state index contributed by atoms with van der Waals surface area (Å²) in [7, 11) is 0. The van der Waals surface area contributed by atoms with Crippen LogP contribution in [0.25, 0.3) is 0 Å². The van der Waals surface area contributed by atoms with Crippen LogP contribution < -0.4 is 10.1 Å². The Morgan fingerprint density at radius 3 is 2.83 bits per heavy atom. The number of hydrogen-bond donors (Lipinski definition) is 1. The molecule has 0 bridgehead atoms. The molecule has 8 nitrogen and oxygen atoms in total. The van der Waals surface area contributed by atoms with E-state index in [4.69, 9.17) is 9.15 Å². The molecule has 0 aliphatic rings. The van der Waals surface area contributed by atoms with Crippen LogP contribution in [-0.2, 0) is 19.7 Å². The Labute approximate surface area is 138 Å². The first-order valence-corrected chi connectivity index (χ1v) is 7.54. The molecule has 0 saturated carbocycles. The molecule has 3 aromatic rings. The smallest absolute Gasteiger partial charge is 0.251 e. The molecule has 0 atom stereocenters. The van der Waals surface area contributed by atoms with E-state index in [1.807, 2.05) is 6.92 Å². The van der Waals surface area contributed by atoms with Gasteiger partial charge in [-0.3, -0.25) is 4.79 Å². The average molecular weight is 327 g/mol. The molecule has 1 N–H and O–H groups in total. The quantitative estimate of drug-likeness (QED) is 0.711. The molecule has 0 spiro atoms. The number of aromatic nitrogens is 4. The van der Waals surface area contributed by atoms with E-state index in [1.165, 1.54) is 0 Å². The maximum atomic E-state index is 12.1. The molecule has 24 heavy (non-hydrogen) atoms. The largest absolute Gasteiger partial charge is 0.486 e. The number of nitrogens with zero attached hydrogens (tertiary/aromatic N) is 4. The van der Waals surface area contributed by atoms with E-state index in [0.29, 0.717) is 36.0 Å². The summed E-state index contributed by atoms with van der Waals surface area (Å²) in [6.07, 6.45) is 1.57. The van der Waals surface area contributed by atoms with E-state index in [2.05, 4.69) is 20.8 Å². The molecule has 0 unspecified atom stereocenters. The van der Waals surface area contributed by atoms with Crippen LogP contribution >= 0.6 is 0 Å². The van der Waals surface area contributed by atoms with Gasteiger partial charge in [0.05, 0.1) is 12.8 Å². The van der Waals surface area contributed by atoms with Crippen LogP contribution in [0.2, 0.25) is 0 Å². The van der Waals surface area contributed by atoms with Crippen LogP contribution in [0.15, 0.2) is 47.1 Å². The van der Waals surface area contributed by atoms with Crippen LogP contribution in [0, 0.1) is 0 Å². The van der Waals surface area contributed by atoms with E-state index in [9.17, 15) is 4.79 Å². The molecule has 124 valence electrons. The summed E-state index contributed by atoms with van der Waals surface area (Å²) in [6.45, 7) is 3.26. The topological polar surface area (TPSA) is 95.1 Å². The standard InChI is InChI=1S/C16H17N5O3/c1-2-21-15(18-19-20-21)11-24-13-7-5-12(6-8-13)16(22)17-10-14-4-3-9-23-14/h3-9H,2,10-11H2,1H3,(H,17,22). The van der Waals surface area contributed by atoms with Gasteiger partial charge in [0.1, 0.15) is 18.1 Å². The molecule has 1 aromatic carbocycles. The maximum absolute atomic E-state index is 12.1. The second kappa shape index (κ2) is 7.40. The van der Waals surface area contributed by atoms with Gasteiger partial charge in [0.25, 0.3) is 5.91 Å². The summed E-state index contributed by atoms with van der Waals surface area (Å²) in [5, 5.41) is 14.1. The maximum Gasteiger partial charge on any atom is 0.251 e. The zero-order chi connectivity index (χ0) is 16.8. The number of ether oxygens (including phenoxy) is 1. The second-order valence-corrected chi connectivity index (χ2v) is 4.99. The van der Waals surface area contributed by atoms with Gasteiger partial charge in [-0.05, 0) is 53.7 Å². The minimum Gasteiger partial charge on any atom is -0.486 e. The van der Waals surface area contributed by atoms with Crippen molar-refractivity contribution in [3.63, 3.8) is 0 Å². The van der Waals surface area contributed by atoms with Crippen LogP contribution in [-0.4, -0.2) is 26.1 Å². The molecule has 1 amide bonds. The monoisotopic (exact) mass is 327 g/mol. The van der Waals surface area contributed by atoms with Gasteiger partial charge in [0.15, 0.2) is 5.82 Å². The van der Waals surface area contributed by atoms with Gasteiger partial charge >= 0.3 is 0 Å². The highest BCUT2D eigenvalue weighted by Gasteiger charge is 2.08. The van der Waals surface area contributed by atoms with E-state index in [1.54, 1.807) is 47.3 Å². The molecule has 0 fully saturated rings. The van der Waals surface area contributed by atoms with Gasteiger partial charge in [0, 0.05) is 12.1 Å². The number of furan rings is 1. The Morgan fingerprint density at radius 1 is 1.29 bits per heavy atom. The zero-order valence-electron chi connectivity index (χ0n) is 13.2. The number of nitrogens with one attached hydrogen (secondary N) is 1. The van der Waals surface area contributed by atoms with E-state index in [0.717, 1.165) is 0 Å². The van der Waals surface area contributed by atoms with Crippen molar-refractivity contribution in [1.82, 2.24) is 25.5 Å². The van der Waals surface area contributed by atoms with Crippen molar-refractivity contribution in [2.24, 2.45) is 0 Å². The fourth-order valence-corrected chi connectivity index (χ4v) is 2.11. The van der Waals surface area contributed by atoms with Crippen molar-refractivity contribution in [1.29, 1.82) is 0 Å².